The minimum atomic E-state index is -4.04. The molecule has 2 aliphatic rings. The highest BCUT2D eigenvalue weighted by molar-refractivity contribution is 7.91. The fraction of sp³-hybridized carbons (Fsp3) is 0.444. The molecule has 0 radical (unpaired) electrons. The first-order valence-corrected chi connectivity index (χ1v) is 13.5. The molecule has 2 aliphatic heterocycles. The number of carbonyl (C=O) groups is 1. The first-order chi connectivity index (χ1) is 16.4. The van der Waals surface area contributed by atoms with Gasteiger partial charge in [0.2, 0.25) is 9.84 Å². The van der Waals surface area contributed by atoms with Crippen molar-refractivity contribution in [2.24, 2.45) is 7.05 Å². The average molecular weight is 496 g/mol. The second-order valence-corrected chi connectivity index (χ2v) is 12.7. The van der Waals surface area contributed by atoms with Crippen LogP contribution in [-0.2, 0) is 28.0 Å². The lowest BCUT2D eigenvalue weighted by Crippen LogP contribution is -2.32. The molecule has 2 atom stereocenters. The number of hydrogen-bond donors (Lipinski definition) is 1. The summed E-state index contributed by atoms with van der Waals surface area (Å²) in [5.74, 6) is -0.613. The number of ether oxygens (including phenoxy) is 1. The molecule has 0 amide bonds. The van der Waals surface area contributed by atoms with Gasteiger partial charge in [0, 0.05) is 56.2 Å². The number of anilines is 1. The molecule has 186 valence electrons. The first-order valence-electron chi connectivity index (χ1n) is 12.0. The van der Waals surface area contributed by atoms with Gasteiger partial charge in [0.05, 0.1) is 21.0 Å². The van der Waals surface area contributed by atoms with E-state index >= 15 is 0 Å². The Morgan fingerprint density at radius 1 is 1.09 bits per heavy atom. The second-order valence-electron chi connectivity index (χ2n) is 10.8. The maximum Gasteiger partial charge on any atom is 0.340 e. The first kappa shape index (κ1) is 23.9. The van der Waals surface area contributed by atoms with E-state index in [0.29, 0.717) is 17.1 Å². The largest absolute Gasteiger partial charge is 0.456 e. The molecule has 3 heterocycles. The van der Waals surface area contributed by atoms with Gasteiger partial charge in [-0.1, -0.05) is 12.1 Å². The number of para-hydroxylation sites is 1. The zero-order chi connectivity index (χ0) is 25.3. The Bertz CT molecular complexity index is 1450. The van der Waals surface area contributed by atoms with E-state index in [0.717, 1.165) is 30.3 Å². The van der Waals surface area contributed by atoms with Crippen molar-refractivity contribution < 1.29 is 17.9 Å². The average Bonchev–Trinajstić information content (AvgIpc) is 3.30. The van der Waals surface area contributed by atoms with E-state index in [4.69, 9.17) is 4.74 Å². The third kappa shape index (κ3) is 3.83. The maximum absolute atomic E-state index is 14.2. The molecule has 1 saturated heterocycles. The number of rotatable bonds is 4. The Labute approximate surface area is 207 Å². The van der Waals surface area contributed by atoms with Gasteiger partial charge in [-0.3, -0.25) is 0 Å². The molecule has 8 heteroatoms. The van der Waals surface area contributed by atoms with Crippen LogP contribution in [0.1, 0.15) is 61.3 Å². The number of nitrogens with zero attached hydrogens (tertiary/aromatic N) is 2. The number of fused-ring (bicyclic) bond motifs is 6. The summed E-state index contributed by atoms with van der Waals surface area (Å²) in [6, 6.07) is 10.8. The van der Waals surface area contributed by atoms with E-state index in [1.54, 1.807) is 49.9 Å². The van der Waals surface area contributed by atoms with Crippen LogP contribution < -0.4 is 10.2 Å². The molecular formula is C27H33N3O4S. The number of hydrogen-bond acceptors (Lipinski definition) is 6. The summed E-state index contributed by atoms with van der Waals surface area (Å²) in [5.41, 5.74) is 2.99. The summed E-state index contributed by atoms with van der Waals surface area (Å²) >= 11 is 0. The quantitative estimate of drug-likeness (QED) is 0.541. The molecule has 5 rings (SSSR count). The summed E-state index contributed by atoms with van der Waals surface area (Å²) in [6.07, 6.45) is 2.89. The molecule has 1 N–H and O–H groups in total. The van der Waals surface area contributed by atoms with Crippen molar-refractivity contribution >= 4 is 32.4 Å². The van der Waals surface area contributed by atoms with Gasteiger partial charge >= 0.3 is 5.97 Å². The van der Waals surface area contributed by atoms with Gasteiger partial charge in [-0.25, -0.2) is 13.2 Å². The van der Waals surface area contributed by atoms with Gasteiger partial charge in [-0.2, -0.15) is 0 Å². The van der Waals surface area contributed by atoms with Crippen molar-refractivity contribution in [1.82, 2.24) is 9.88 Å². The van der Waals surface area contributed by atoms with Crippen LogP contribution in [0.3, 0.4) is 0 Å². The van der Waals surface area contributed by atoms with Crippen LogP contribution in [-0.4, -0.2) is 44.7 Å². The third-order valence-corrected chi connectivity index (χ3v) is 8.89. The molecular weight excluding hydrogens is 462 g/mol. The van der Waals surface area contributed by atoms with E-state index in [-0.39, 0.29) is 21.4 Å². The number of aryl methyl sites for hydroxylation is 1. The van der Waals surface area contributed by atoms with Gasteiger partial charge in [0.25, 0.3) is 0 Å². The van der Waals surface area contributed by atoms with Crippen LogP contribution >= 0.6 is 0 Å². The third-order valence-electron chi connectivity index (χ3n) is 7.05. The van der Waals surface area contributed by atoms with Crippen LogP contribution in [0.2, 0.25) is 0 Å². The predicted octanol–water partition coefficient (Wildman–Crippen LogP) is 4.38. The number of benzene rings is 2. The second kappa shape index (κ2) is 8.10. The zero-order valence-corrected chi connectivity index (χ0v) is 22.0. The molecule has 1 fully saturated rings. The highest BCUT2D eigenvalue weighted by Gasteiger charge is 2.40. The summed E-state index contributed by atoms with van der Waals surface area (Å²) < 4.78 is 36.3. The number of nitrogens with one attached hydrogen (secondary N) is 1. The molecule has 35 heavy (non-hydrogen) atoms. The van der Waals surface area contributed by atoms with Gasteiger partial charge < -0.3 is 19.5 Å². The molecule has 2 bridgehead atoms. The van der Waals surface area contributed by atoms with E-state index in [1.165, 1.54) is 5.69 Å². The SMILES string of the molecule is CN(C)c1ccccc1S(=O)(=O)c1ccc2c(c1C(=O)OC(C)(C)C)c1c(n2C)CC2CCC1N2. The summed E-state index contributed by atoms with van der Waals surface area (Å²) in [5, 5.41) is 4.35. The highest BCUT2D eigenvalue weighted by atomic mass is 32.2. The van der Waals surface area contributed by atoms with Gasteiger partial charge in [-0.05, 0) is 63.4 Å². The number of carbonyl (C=O) groups excluding carboxylic acids is 1. The Morgan fingerprint density at radius 2 is 1.80 bits per heavy atom. The number of esters is 1. The van der Waals surface area contributed by atoms with Gasteiger partial charge in [0.15, 0.2) is 0 Å². The van der Waals surface area contributed by atoms with E-state index < -0.39 is 21.4 Å². The number of sulfone groups is 1. The van der Waals surface area contributed by atoms with Crippen molar-refractivity contribution in [2.75, 3.05) is 19.0 Å². The van der Waals surface area contributed by atoms with Crippen LogP contribution in [0.15, 0.2) is 46.2 Å². The minimum absolute atomic E-state index is 0.0120. The van der Waals surface area contributed by atoms with Crippen molar-refractivity contribution in [2.45, 2.75) is 67.5 Å². The Kier molecular flexibility index (Phi) is 5.53. The molecule has 3 aromatic rings. The lowest BCUT2D eigenvalue weighted by atomic mass is 9.96. The lowest BCUT2D eigenvalue weighted by Gasteiger charge is -2.24. The maximum atomic E-state index is 14.2. The molecule has 0 aliphatic carbocycles. The van der Waals surface area contributed by atoms with E-state index in [9.17, 15) is 13.2 Å². The van der Waals surface area contributed by atoms with Gasteiger partial charge in [0.1, 0.15) is 5.60 Å². The Morgan fingerprint density at radius 3 is 2.49 bits per heavy atom. The van der Waals surface area contributed by atoms with Crippen molar-refractivity contribution in [3.05, 3.63) is 53.2 Å². The monoisotopic (exact) mass is 495 g/mol. The summed E-state index contributed by atoms with van der Waals surface area (Å²) in [7, 11) is 1.57. The smallest absolute Gasteiger partial charge is 0.340 e. The van der Waals surface area contributed by atoms with Crippen LogP contribution in [0.4, 0.5) is 5.69 Å². The normalized spacial score (nSPS) is 19.6. The molecule has 0 saturated carbocycles. The Balaban J connectivity index is 1.85. The van der Waals surface area contributed by atoms with E-state index in [2.05, 4.69) is 9.88 Å². The molecule has 1 aromatic heterocycles. The number of aromatic nitrogens is 1. The molecule has 2 aromatic carbocycles. The standard InChI is InChI=1S/C27H33N3O4S/c1-27(2,3)34-26(31)25-22(35(32,33)21-10-8-7-9-18(21)29(4)5)14-13-19-24(25)23-17-12-11-16(28-17)15-20(23)30(19)6/h7-10,13-14,16-17,28H,11-12,15H2,1-6H3. The lowest BCUT2D eigenvalue weighted by molar-refractivity contribution is 0.00675. The van der Waals surface area contributed by atoms with Crippen molar-refractivity contribution in [3.63, 3.8) is 0 Å². The minimum Gasteiger partial charge on any atom is -0.456 e. The van der Waals surface area contributed by atoms with Crippen molar-refractivity contribution in [3.8, 4) is 0 Å². The Hall–Kier alpha value is -2.84. The van der Waals surface area contributed by atoms with Crippen LogP contribution in [0, 0.1) is 0 Å². The summed E-state index contributed by atoms with van der Waals surface area (Å²) in [6.45, 7) is 5.39. The van der Waals surface area contributed by atoms with Gasteiger partial charge in [-0.15, -0.1) is 0 Å². The zero-order valence-electron chi connectivity index (χ0n) is 21.2. The predicted molar refractivity (Wildman–Crippen MR) is 137 cm³/mol. The highest BCUT2D eigenvalue weighted by Crippen LogP contribution is 2.45. The fourth-order valence-corrected chi connectivity index (χ4v) is 7.31. The molecule has 7 nitrogen and oxygen atoms in total. The summed E-state index contributed by atoms with van der Waals surface area (Å²) in [4.78, 5) is 15.7. The van der Waals surface area contributed by atoms with Crippen LogP contribution in [0.25, 0.3) is 10.9 Å². The van der Waals surface area contributed by atoms with E-state index in [1.807, 2.05) is 33.3 Å². The topological polar surface area (TPSA) is 80.6 Å². The van der Waals surface area contributed by atoms with Crippen molar-refractivity contribution in [1.29, 1.82) is 0 Å². The molecule has 2 unspecified atom stereocenters. The molecule has 0 spiro atoms. The fourth-order valence-electron chi connectivity index (χ4n) is 5.59. The van der Waals surface area contributed by atoms with Crippen LogP contribution in [0.5, 0.6) is 0 Å².